The van der Waals surface area contributed by atoms with Gasteiger partial charge in [0.2, 0.25) is 0 Å². The van der Waals surface area contributed by atoms with E-state index in [1.165, 1.54) is 6.07 Å². The van der Waals surface area contributed by atoms with Crippen LogP contribution in [-0.4, -0.2) is 13.2 Å². The molecule has 0 atom stereocenters. The van der Waals surface area contributed by atoms with Crippen molar-refractivity contribution >= 4 is 33.2 Å². The largest absolute Gasteiger partial charge is 0.380 e. The summed E-state index contributed by atoms with van der Waals surface area (Å²) in [4.78, 5) is 0. The van der Waals surface area contributed by atoms with Gasteiger partial charge in [0.05, 0.1) is 11.3 Å². The van der Waals surface area contributed by atoms with Crippen molar-refractivity contribution < 1.29 is 4.39 Å². The minimum Gasteiger partial charge on any atom is -0.380 e. The Morgan fingerprint density at radius 1 is 1.57 bits per heavy atom. The average Bonchev–Trinajstić information content (AvgIpc) is 2.15. The maximum atomic E-state index is 11.9. The van der Waals surface area contributed by atoms with Crippen molar-refractivity contribution in [2.45, 2.75) is 0 Å². The Morgan fingerprint density at radius 3 is 2.86 bits per heavy atom. The van der Waals surface area contributed by atoms with Gasteiger partial charge in [-0.3, -0.25) is 0 Å². The first-order valence-electron chi connectivity index (χ1n) is 3.88. The van der Waals surface area contributed by atoms with Crippen LogP contribution in [0.1, 0.15) is 5.56 Å². The molecule has 1 aromatic rings. The molecule has 0 aliphatic carbocycles. The van der Waals surface area contributed by atoms with Crippen LogP contribution in [0.4, 0.5) is 10.1 Å². The van der Waals surface area contributed by atoms with Crippen LogP contribution in [0, 0.1) is 11.3 Å². The monoisotopic (exact) mass is 276 g/mol. The summed E-state index contributed by atoms with van der Waals surface area (Å²) in [5.41, 5.74) is 0.979. The average molecular weight is 278 g/mol. The second-order valence-electron chi connectivity index (χ2n) is 2.54. The van der Waals surface area contributed by atoms with Gasteiger partial charge in [0, 0.05) is 16.0 Å². The van der Waals surface area contributed by atoms with Crippen molar-refractivity contribution in [2.24, 2.45) is 0 Å². The van der Waals surface area contributed by atoms with Gasteiger partial charge in [-0.25, -0.2) is 4.39 Å². The van der Waals surface area contributed by atoms with E-state index in [1.807, 2.05) is 6.07 Å². The summed E-state index contributed by atoms with van der Waals surface area (Å²) < 4.78 is 12.6. The molecule has 1 rings (SSSR count). The smallest absolute Gasteiger partial charge is 0.107 e. The van der Waals surface area contributed by atoms with Gasteiger partial charge in [-0.15, -0.1) is 0 Å². The molecule has 5 heteroatoms. The number of halogens is 3. The Morgan fingerprint density at radius 2 is 2.29 bits per heavy atom. The van der Waals surface area contributed by atoms with Gasteiger partial charge in [0.25, 0.3) is 0 Å². The molecule has 0 aliphatic rings. The second kappa shape index (κ2) is 5.18. The molecule has 0 aromatic heterocycles. The molecule has 74 valence electrons. The Bertz CT molecular complexity index is 376. The van der Waals surface area contributed by atoms with Gasteiger partial charge in [-0.2, -0.15) is 5.26 Å². The van der Waals surface area contributed by atoms with Crippen LogP contribution in [-0.2, 0) is 0 Å². The Kier molecular flexibility index (Phi) is 4.18. The van der Waals surface area contributed by atoms with Crippen molar-refractivity contribution in [3.8, 4) is 6.07 Å². The summed E-state index contributed by atoms with van der Waals surface area (Å²) >= 11 is 9.00. The molecule has 0 saturated heterocycles. The SMILES string of the molecule is N#Cc1cc(Cl)cc(Br)c1NCCF. The molecule has 0 saturated carbocycles. The second-order valence-corrected chi connectivity index (χ2v) is 3.83. The van der Waals surface area contributed by atoms with Crippen LogP contribution in [0.5, 0.6) is 0 Å². The van der Waals surface area contributed by atoms with E-state index in [0.29, 0.717) is 20.7 Å². The van der Waals surface area contributed by atoms with Gasteiger partial charge >= 0.3 is 0 Å². The number of rotatable bonds is 3. The first kappa shape index (κ1) is 11.3. The van der Waals surface area contributed by atoms with Gasteiger partial charge in [0.15, 0.2) is 0 Å². The molecule has 0 amide bonds. The Balaban J connectivity index is 3.07. The minimum atomic E-state index is -0.486. The van der Waals surface area contributed by atoms with Crippen LogP contribution >= 0.6 is 27.5 Å². The fraction of sp³-hybridized carbons (Fsp3) is 0.222. The molecule has 0 unspecified atom stereocenters. The molecule has 0 heterocycles. The van der Waals surface area contributed by atoms with Gasteiger partial charge in [-0.05, 0) is 28.1 Å². The van der Waals surface area contributed by atoms with E-state index in [2.05, 4.69) is 21.2 Å². The molecule has 0 radical (unpaired) electrons. The number of nitrogens with zero attached hydrogens (tertiary/aromatic N) is 1. The molecule has 14 heavy (non-hydrogen) atoms. The van der Waals surface area contributed by atoms with Crippen molar-refractivity contribution in [1.29, 1.82) is 5.26 Å². The standard InChI is InChI=1S/C9H7BrClFN2/c10-8-4-7(11)3-6(5-13)9(8)14-2-1-12/h3-4,14H,1-2H2. The molecule has 0 spiro atoms. The Hall–Kier alpha value is -0.790. The lowest BCUT2D eigenvalue weighted by Crippen LogP contribution is -2.05. The zero-order valence-corrected chi connectivity index (χ0v) is 9.49. The zero-order valence-electron chi connectivity index (χ0n) is 7.15. The minimum absolute atomic E-state index is 0.176. The predicted molar refractivity (Wildman–Crippen MR) is 58.3 cm³/mol. The maximum absolute atomic E-state index is 11.9. The number of anilines is 1. The number of nitrogens with one attached hydrogen (secondary N) is 1. The van der Waals surface area contributed by atoms with E-state index >= 15 is 0 Å². The summed E-state index contributed by atoms with van der Waals surface area (Å²) in [5, 5.41) is 12.1. The van der Waals surface area contributed by atoms with Gasteiger partial charge < -0.3 is 5.32 Å². The molecule has 0 fully saturated rings. The number of hydrogen-bond acceptors (Lipinski definition) is 2. The first-order chi connectivity index (χ1) is 6.69. The fourth-order valence-corrected chi connectivity index (χ4v) is 1.96. The van der Waals surface area contributed by atoms with E-state index in [4.69, 9.17) is 16.9 Å². The highest BCUT2D eigenvalue weighted by molar-refractivity contribution is 9.10. The number of nitriles is 1. The lowest BCUT2D eigenvalue weighted by atomic mass is 10.2. The lowest BCUT2D eigenvalue weighted by molar-refractivity contribution is 0.512. The van der Waals surface area contributed by atoms with Crippen molar-refractivity contribution in [2.75, 3.05) is 18.5 Å². The van der Waals surface area contributed by atoms with E-state index in [1.54, 1.807) is 6.07 Å². The quantitative estimate of drug-likeness (QED) is 0.919. The summed E-state index contributed by atoms with van der Waals surface area (Å²) in [7, 11) is 0. The van der Waals surface area contributed by atoms with Crippen LogP contribution in [0.25, 0.3) is 0 Å². The lowest BCUT2D eigenvalue weighted by Gasteiger charge is -2.08. The van der Waals surface area contributed by atoms with Crippen LogP contribution in [0.15, 0.2) is 16.6 Å². The van der Waals surface area contributed by atoms with Crippen LogP contribution in [0.2, 0.25) is 5.02 Å². The third kappa shape index (κ3) is 2.60. The first-order valence-corrected chi connectivity index (χ1v) is 5.05. The molecule has 1 aromatic carbocycles. The van der Waals surface area contributed by atoms with Crippen LogP contribution in [0.3, 0.4) is 0 Å². The highest BCUT2D eigenvalue weighted by Gasteiger charge is 2.07. The van der Waals surface area contributed by atoms with Crippen LogP contribution < -0.4 is 5.32 Å². The van der Waals surface area contributed by atoms with Gasteiger partial charge in [-0.1, -0.05) is 11.6 Å². The normalized spacial score (nSPS) is 9.57. The highest BCUT2D eigenvalue weighted by atomic mass is 79.9. The Labute approximate surface area is 94.8 Å². The topological polar surface area (TPSA) is 35.8 Å². The van der Waals surface area contributed by atoms with Gasteiger partial charge in [0.1, 0.15) is 12.7 Å². The molecular formula is C9H7BrClFN2. The molecular weight excluding hydrogens is 270 g/mol. The number of hydrogen-bond donors (Lipinski definition) is 1. The number of benzene rings is 1. The maximum Gasteiger partial charge on any atom is 0.107 e. The summed E-state index contributed by atoms with van der Waals surface area (Å²) in [5.74, 6) is 0. The summed E-state index contributed by atoms with van der Waals surface area (Å²) in [6, 6.07) is 5.18. The molecule has 2 nitrogen and oxygen atoms in total. The third-order valence-corrected chi connectivity index (χ3v) is 2.42. The summed E-state index contributed by atoms with van der Waals surface area (Å²) in [6.07, 6.45) is 0. The fourth-order valence-electron chi connectivity index (χ4n) is 1.01. The highest BCUT2D eigenvalue weighted by Crippen LogP contribution is 2.29. The van der Waals surface area contributed by atoms with E-state index in [-0.39, 0.29) is 6.54 Å². The summed E-state index contributed by atoms with van der Waals surface area (Å²) in [6.45, 7) is -0.311. The van der Waals surface area contributed by atoms with E-state index in [9.17, 15) is 4.39 Å². The molecule has 0 bridgehead atoms. The zero-order chi connectivity index (χ0) is 10.6. The van der Waals surface area contributed by atoms with Crippen molar-refractivity contribution in [1.82, 2.24) is 0 Å². The molecule has 0 aliphatic heterocycles. The predicted octanol–water partition coefficient (Wildman–Crippen LogP) is 3.36. The number of alkyl halides is 1. The third-order valence-electron chi connectivity index (χ3n) is 1.57. The van der Waals surface area contributed by atoms with E-state index in [0.717, 1.165) is 0 Å². The van der Waals surface area contributed by atoms with Crippen molar-refractivity contribution in [3.05, 3.63) is 27.2 Å². The molecule has 1 N–H and O–H groups in total. The van der Waals surface area contributed by atoms with E-state index < -0.39 is 6.67 Å². The van der Waals surface area contributed by atoms with Crippen molar-refractivity contribution in [3.63, 3.8) is 0 Å².